The maximum absolute atomic E-state index is 13.2. The SMILES string of the molecule is COC1CCC(C(C)CN2CCN3CCN(C#N)C[C@@H]3C2=O)CC1C1CCNN1C. The molecule has 1 aliphatic carbocycles. The molecule has 168 valence electrons. The molecule has 30 heavy (non-hydrogen) atoms. The summed E-state index contributed by atoms with van der Waals surface area (Å²) in [5.41, 5.74) is 3.46. The summed E-state index contributed by atoms with van der Waals surface area (Å²) in [6.45, 7) is 8.07. The largest absolute Gasteiger partial charge is 0.381 e. The van der Waals surface area contributed by atoms with E-state index in [4.69, 9.17) is 4.74 Å². The Labute approximate surface area is 181 Å². The molecule has 0 radical (unpaired) electrons. The Morgan fingerprint density at radius 3 is 2.73 bits per heavy atom. The van der Waals surface area contributed by atoms with Gasteiger partial charge in [-0.25, -0.2) is 5.01 Å². The van der Waals surface area contributed by atoms with Crippen LogP contribution in [0, 0.1) is 29.2 Å². The number of carbonyl (C=O) groups is 1. The fourth-order valence-corrected chi connectivity index (χ4v) is 6.29. The van der Waals surface area contributed by atoms with Crippen LogP contribution < -0.4 is 5.43 Å². The number of hydrazine groups is 1. The topological polar surface area (TPSA) is 75.1 Å². The van der Waals surface area contributed by atoms with Crippen molar-refractivity contribution in [3.63, 3.8) is 0 Å². The molecular formula is C22H38N6O2. The first-order valence-electron chi connectivity index (χ1n) is 11.7. The zero-order valence-electron chi connectivity index (χ0n) is 18.8. The van der Waals surface area contributed by atoms with Gasteiger partial charge in [-0.2, -0.15) is 5.26 Å². The summed E-state index contributed by atoms with van der Waals surface area (Å²) < 4.78 is 5.88. The van der Waals surface area contributed by atoms with E-state index in [1.54, 1.807) is 4.90 Å². The second kappa shape index (κ2) is 9.39. The Morgan fingerprint density at radius 1 is 1.23 bits per heavy atom. The molecule has 5 unspecified atom stereocenters. The van der Waals surface area contributed by atoms with Gasteiger partial charge in [-0.05, 0) is 37.5 Å². The monoisotopic (exact) mass is 418 g/mol. The number of nitriles is 1. The minimum atomic E-state index is -0.144. The number of nitrogens with zero attached hydrogens (tertiary/aromatic N) is 5. The minimum Gasteiger partial charge on any atom is -0.381 e. The number of nitrogens with one attached hydrogen (secondary N) is 1. The van der Waals surface area contributed by atoms with E-state index < -0.39 is 0 Å². The first kappa shape index (κ1) is 21.8. The summed E-state index contributed by atoms with van der Waals surface area (Å²) in [4.78, 5) is 19.2. The molecular weight excluding hydrogens is 380 g/mol. The second-order valence-corrected chi connectivity index (χ2v) is 9.75. The molecule has 0 bridgehead atoms. The molecule has 3 aliphatic heterocycles. The molecule has 4 rings (SSSR count). The van der Waals surface area contributed by atoms with Gasteiger partial charge in [0.2, 0.25) is 5.91 Å². The minimum absolute atomic E-state index is 0.144. The van der Waals surface area contributed by atoms with Gasteiger partial charge in [-0.15, -0.1) is 0 Å². The van der Waals surface area contributed by atoms with Crippen molar-refractivity contribution < 1.29 is 9.53 Å². The summed E-state index contributed by atoms with van der Waals surface area (Å²) >= 11 is 0. The third-order valence-corrected chi connectivity index (χ3v) is 8.17. The standard InChI is InChI=1S/C22H38N6O2/c1-16(13-28-11-10-27-9-8-26(15-23)14-20(27)22(28)29)17-4-5-21(30-3)18(12-17)19-6-7-24-25(19)2/h16-21,24H,4-14H2,1-3H3/t16?,17?,18?,19?,20-,21?/m1/s1. The molecule has 1 amide bonds. The van der Waals surface area contributed by atoms with Crippen molar-refractivity contribution in [1.29, 1.82) is 5.26 Å². The Bertz CT molecular complexity index is 654. The van der Waals surface area contributed by atoms with Gasteiger partial charge in [-0.1, -0.05) is 6.92 Å². The molecule has 0 spiro atoms. The van der Waals surface area contributed by atoms with E-state index in [1.807, 2.05) is 7.11 Å². The second-order valence-electron chi connectivity index (χ2n) is 9.75. The predicted molar refractivity (Wildman–Crippen MR) is 114 cm³/mol. The number of fused-ring (bicyclic) bond motifs is 1. The smallest absolute Gasteiger partial charge is 0.241 e. The Kier molecular flexibility index (Phi) is 6.83. The van der Waals surface area contributed by atoms with Gasteiger partial charge >= 0.3 is 0 Å². The highest BCUT2D eigenvalue weighted by Gasteiger charge is 2.42. The first-order chi connectivity index (χ1) is 14.5. The molecule has 8 nitrogen and oxygen atoms in total. The summed E-state index contributed by atoms with van der Waals surface area (Å²) in [7, 11) is 4.01. The lowest BCUT2D eigenvalue weighted by Gasteiger charge is -2.47. The highest BCUT2D eigenvalue weighted by molar-refractivity contribution is 5.83. The summed E-state index contributed by atoms with van der Waals surface area (Å²) in [5.74, 6) is 1.88. The zero-order chi connectivity index (χ0) is 21.3. The lowest BCUT2D eigenvalue weighted by atomic mass is 9.71. The Morgan fingerprint density at radius 2 is 2.03 bits per heavy atom. The summed E-state index contributed by atoms with van der Waals surface area (Å²) in [6.07, 6.45) is 7.21. The molecule has 1 N–H and O–H groups in total. The van der Waals surface area contributed by atoms with Crippen LogP contribution in [-0.4, -0.2) is 104 Å². The molecule has 0 aromatic rings. The zero-order valence-corrected chi connectivity index (χ0v) is 18.8. The number of ether oxygens (including phenoxy) is 1. The van der Waals surface area contributed by atoms with Crippen LogP contribution in [0.2, 0.25) is 0 Å². The molecule has 6 atom stereocenters. The third-order valence-electron chi connectivity index (χ3n) is 8.17. The average molecular weight is 419 g/mol. The van der Waals surface area contributed by atoms with Gasteiger partial charge in [0.15, 0.2) is 6.19 Å². The fourth-order valence-electron chi connectivity index (χ4n) is 6.29. The number of piperazine rings is 2. The lowest BCUT2D eigenvalue weighted by molar-refractivity contribution is -0.145. The van der Waals surface area contributed by atoms with E-state index in [2.05, 4.69) is 40.4 Å². The quantitative estimate of drug-likeness (QED) is 0.655. The van der Waals surface area contributed by atoms with Crippen LogP contribution in [0.5, 0.6) is 0 Å². The molecule has 8 heteroatoms. The molecule has 3 heterocycles. The van der Waals surface area contributed by atoms with Gasteiger partial charge in [0.05, 0.1) is 12.6 Å². The maximum Gasteiger partial charge on any atom is 0.241 e. The van der Waals surface area contributed by atoms with Crippen LogP contribution in [-0.2, 0) is 9.53 Å². The van der Waals surface area contributed by atoms with Crippen molar-refractivity contribution >= 4 is 5.91 Å². The number of hydrogen-bond acceptors (Lipinski definition) is 7. The molecule has 4 aliphatic rings. The van der Waals surface area contributed by atoms with Gasteiger partial charge in [0, 0.05) is 65.4 Å². The van der Waals surface area contributed by atoms with Crippen molar-refractivity contribution in [3.8, 4) is 6.19 Å². The van der Waals surface area contributed by atoms with Gasteiger partial charge in [0.1, 0.15) is 6.04 Å². The molecule has 4 fully saturated rings. The first-order valence-corrected chi connectivity index (χ1v) is 11.7. The normalized spacial score (nSPS) is 37.1. The van der Waals surface area contributed by atoms with Crippen molar-refractivity contribution in [2.75, 3.05) is 60.0 Å². The van der Waals surface area contributed by atoms with Gasteiger partial charge in [0.25, 0.3) is 0 Å². The summed E-state index contributed by atoms with van der Waals surface area (Å²) in [5, 5.41) is 11.5. The summed E-state index contributed by atoms with van der Waals surface area (Å²) in [6, 6.07) is 0.392. The predicted octanol–water partition coefficient (Wildman–Crippen LogP) is 0.572. The number of carbonyl (C=O) groups excluding carboxylic acids is 1. The highest BCUT2D eigenvalue weighted by atomic mass is 16.5. The van der Waals surface area contributed by atoms with E-state index in [-0.39, 0.29) is 11.9 Å². The number of hydrogen-bond donors (Lipinski definition) is 1. The van der Waals surface area contributed by atoms with Crippen LogP contribution in [0.4, 0.5) is 0 Å². The van der Waals surface area contributed by atoms with Crippen LogP contribution >= 0.6 is 0 Å². The van der Waals surface area contributed by atoms with Crippen LogP contribution in [0.3, 0.4) is 0 Å². The van der Waals surface area contributed by atoms with Crippen LogP contribution in [0.15, 0.2) is 0 Å². The average Bonchev–Trinajstić information content (AvgIpc) is 3.20. The van der Waals surface area contributed by atoms with E-state index in [9.17, 15) is 10.1 Å². The van der Waals surface area contributed by atoms with E-state index in [0.717, 1.165) is 45.7 Å². The highest BCUT2D eigenvalue weighted by Crippen LogP contribution is 2.39. The van der Waals surface area contributed by atoms with Crippen molar-refractivity contribution in [2.45, 2.75) is 50.8 Å². The van der Waals surface area contributed by atoms with E-state index in [1.165, 1.54) is 19.3 Å². The molecule has 3 saturated heterocycles. The molecule has 1 saturated carbocycles. The van der Waals surface area contributed by atoms with Gasteiger partial charge < -0.3 is 14.5 Å². The number of methoxy groups -OCH3 is 1. The third kappa shape index (κ3) is 4.31. The maximum atomic E-state index is 13.2. The molecule has 0 aromatic heterocycles. The fraction of sp³-hybridized carbons (Fsp3) is 0.909. The van der Waals surface area contributed by atoms with Crippen molar-refractivity contribution in [2.24, 2.45) is 17.8 Å². The lowest BCUT2D eigenvalue weighted by Crippen LogP contribution is -2.64. The van der Waals surface area contributed by atoms with Gasteiger partial charge in [-0.3, -0.25) is 15.1 Å². The van der Waals surface area contributed by atoms with E-state index in [0.29, 0.717) is 36.4 Å². The Hall–Kier alpha value is -1.40. The van der Waals surface area contributed by atoms with Crippen molar-refractivity contribution in [3.05, 3.63) is 0 Å². The number of amides is 1. The Balaban J connectivity index is 1.37. The number of rotatable bonds is 5. The van der Waals surface area contributed by atoms with Crippen LogP contribution in [0.25, 0.3) is 0 Å². The molecule has 0 aromatic carbocycles. The van der Waals surface area contributed by atoms with Crippen LogP contribution in [0.1, 0.15) is 32.6 Å². The van der Waals surface area contributed by atoms with Crippen molar-refractivity contribution in [1.82, 2.24) is 25.1 Å². The van der Waals surface area contributed by atoms with E-state index >= 15 is 0 Å².